The SMILES string of the molecule is CCc1cccc(CNC[C@H](C(N)Cc2cc(F)cc(F)c2)[C@H](Oc2ccc(N3C(=O)CCC3=O)cc2)C(=O)O)c1. The van der Waals surface area contributed by atoms with Gasteiger partial charge in [0.05, 0.1) is 5.69 Å². The van der Waals surface area contributed by atoms with E-state index in [1.165, 1.54) is 42.0 Å². The minimum absolute atomic E-state index is 0.0115. The number of aliphatic carboxylic acids is 1. The monoisotopic (exact) mass is 565 g/mol. The lowest BCUT2D eigenvalue weighted by atomic mass is 9.89. The number of carbonyl (C=O) groups is 3. The van der Waals surface area contributed by atoms with Crippen LogP contribution in [0.2, 0.25) is 0 Å². The average molecular weight is 566 g/mol. The minimum atomic E-state index is -1.42. The zero-order valence-electron chi connectivity index (χ0n) is 22.7. The molecule has 0 aliphatic carbocycles. The molecule has 1 fully saturated rings. The van der Waals surface area contributed by atoms with Crippen molar-refractivity contribution < 1.29 is 33.0 Å². The first-order valence-electron chi connectivity index (χ1n) is 13.5. The highest BCUT2D eigenvalue weighted by atomic mass is 19.1. The molecule has 0 radical (unpaired) electrons. The maximum absolute atomic E-state index is 13.8. The molecule has 3 atom stereocenters. The summed E-state index contributed by atoms with van der Waals surface area (Å²) < 4.78 is 33.6. The standard InChI is InChI=1S/C31H33F2N3O5/c1-2-19-4-3-5-20(12-19)17-35-18-26(27(34)15-21-13-22(32)16-23(33)14-21)30(31(39)40)41-25-8-6-24(7-9-25)36-28(37)10-11-29(36)38/h3-9,12-14,16,26-27,30,35H,2,10-11,15,17-18,34H2,1H3,(H,39,40)/t26-,27?,30+/m1/s1. The van der Waals surface area contributed by atoms with Crippen molar-refractivity contribution in [2.24, 2.45) is 11.7 Å². The summed E-state index contributed by atoms with van der Waals surface area (Å²) in [6.07, 6.45) is -0.249. The first kappa shape index (κ1) is 29.8. The Labute approximate surface area is 237 Å². The molecular formula is C31H33F2N3O5. The summed E-state index contributed by atoms with van der Waals surface area (Å²) in [5, 5.41) is 13.4. The Balaban J connectivity index is 1.54. The lowest BCUT2D eigenvalue weighted by Crippen LogP contribution is -2.50. The van der Waals surface area contributed by atoms with E-state index in [1.54, 1.807) is 0 Å². The van der Waals surface area contributed by atoms with Gasteiger partial charge in [-0.2, -0.15) is 0 Å². The number of anilines is 1. The van der Waals surface area contributed by atoms with Crippen LogP contribution in [0.5, 0.6) is 5.75 Å². The third-order valence-corrected chi connectivity index (χ3v) is 7.09. The van der Waals surface area contributed by atoms with Gasteiger partial charge in [0.25, 0.3) is 0 Å². The van der Waals surface area contributed by atoms with Crippen LogP contribution in [0, 0.1) is 17.6 Å². The van der Waals surface area contributed by atoms with Gasteiger partial charge in [-0.25, -0.2) is 13.6 Å². The number of nitrogens with two attached hydrogens (primary N) is 1. The normalized spacial score (nSPS) is 15.6. The predicted octanol–water partition coefficient (Wildman–Crippen LogP) is 3.99. The lowest BCUT2D eigenvalue weighted by Gasteiger charge is -2.30. The number of carboxylic acids is 1. The van der Waals surface area contributed by atoms with Crippen molar-refractivity contribution >= 4 is 23.5 Å². The number of hydrogen-bond acceptors (Lipinski definition) is 6. The summed E-state index contributed by atoms with van der Waals surface area (Å²) in [5.74, 6) is -3.98. The van der Waals surface area contributed by atoms with E-state index in [-0.39, 0.29) is 43.4 Å². The van der Waals surface area contributed by atoms with Gasteiger partial charge in [0.15, 0.2) is 0 Å². The van der Waals surface area contributed by atoms with Crippen LogP contribution < -0.4 is 20.7 Å². The van der Waals surface area contributed by atoms with Gasteiger partial charge in [-0.15, -0.1) is 0 Å². The first-order valence-corrected chi connectivity index (χ1v) is 13.5. The Kier molecular flexibility index (Phi) is 9.80. The molecule has 10 heteroatoms. The molecule has 0 bridgehead atoms. The van der Waals surface area contributed by atoms with E-state index in [2.05, 4.69) is 18.3 Å². The molecular weight excluding hydrogens is 532 g/mol. The highest BCUT2D eigenvalue weighted by Gasteiger charge is 2.35. The van der Waals surface area contributed by atoms with E-state index in [9.17, 15) is 28.3 Å². The zero-order valence-corrected chi connectivity index (χ0v) is 22.7. The number of rotatable bonds is 13. The van der Waals surface area contributed by atoms with Crippen molar-refractivity contribution in [3.05, 3.63) is 95.1 Å². The first-order chi connectivity index (χ1) is 19.6. The van der Waals surface area contributed by atoms with Crippen molar-refractivity contribution in [3.8, 4) is 5.75 Å². The van der Waals surface area contributed by atoms with E-state index < -0.39 is 35.7 Å². The molecule has 0 saturated carbocycles. The van der Waals surface area contributed by atoms with Crippen molar-refractivity contribution in [1.29, 1.82) is 0 Å². The molecule has 8 nitrogen and oxygen atoms in total. The van der Waals surface area contributed by atoms with Crippen LogP contribution in [0.4, 0.5) is 14.5 Å². The number of benzene rings is 3. The molecule has 1 unspecified atom stereocenters. The second-order valence-electron chi connectivity index (χ2n) is 10.1. The Morgan fingerprint density at radius 2 is 1.61 bits per heavy atom. The Morgan fingerprint density at radius 1 is 0.976 bits per heavy atom. The molecule has 0 spiro atoms. The van der Waals surface area contributed by atoms with Gasteiger partial charge in [-0.3, -0.25) is 14.5 Å². The highest BCUT2D eigenvalue weighted by molar-refractivity contribution is 6.19. The second-order valence-corrected chi connectivity index (χ2v) is 10.1. The molecule has 41 heavy (non-hydrogen) atoms. The molecule has 3 aromatic rings. The third kappa shape index (κ3) is 7.74. The number of imide groups is 1. The van der Waals surface area contributed by atoms with E-state index >= 15 is 0 Å². The van der Waals surface area contributed by atoms with Crippen molar-refractivity contribution in [2.75, 3.05) is 11.4 Å². The van der Waals surface area contributed by atoms with Gasteiger partial charge in [0.2, 0.25) is 17.9 Å². The fourth-order valence-corrected chi connectivity index (χ4v) is 4.98. The van der Waals surface area contributed by atoms with Crippen molar-refractivity contribution in [1.82, 2.24) is 5.32 Å². The number of nitrogens with one attached hydrogen (secondary N) is 1. The molecule has 1 saturated heterocycles. The maximum atomic E-state index is 13.8. The van der Waals surface area contributed by atoms with Crippen molar-refractivity contribution in [3.63, 3.8) is 0 Å². The van der Waals surface area contributed by atoms with E-state index in [1.807, 2.05) is 18.2 Å². The molecule has 4 rings (SSSR count). The number of aryl methyl sites for hydroxylation is 1. The van der Waals surface area contributed by atoms with E-state index in [0.717, 1.165) is 23.0 Å². The second kappa shape index (κ2) is 13.5. The van der Waals surface area contributed by atoms with Gasteiger partial charge in [-0.05, 0) is 65.9 Å². The third-order valence-electron chi connectivity index (χ3n) is 7.09. The minimum Gasteiger partial charge on any atom is -0.478 e. The Morgan fingerprint density at radius 3 is 2.22 bits per heavy atom. The summed E-state index contributed by atoms with van der Waals surface area (Å²) >= 11 is 0. The van der Waals surface area contributed by atoms with Crippen molar-refractivity contribution in [2.45, 2.75) is 51.3 Å². The summed E-state index contributed by atoms with van der Waals surface area (Å²) in [4.78, 5) is 37.7. The van der Waals surface area contributed by atoms with Gasteiger partial charge in [0.1, 0.15) is 17.4 Å². The summed E-state index contributed by atoms with van der Waals surface area (Å²) in [6, 6.07) is 16.2. The molecule has 1 heterocycles. The molecule has 216 valence electrons. The van der Waals surface area contributed by atoms with Gasteiger partial charge in [0, 0.05) is 44.0 Å². The molecule has 2 amide bonds. The van der Waals surface area contributed by atoms with E-state index in [4.69, 9.17) is 10.5 Å². The van der Waals surface area contributed by atoms with Crippen LogP contribution in [0.3, 0.4) is 0 Å². The largest absolute Gasteiger partial charge is 0.478 e. The highest BCUT2D eigenvalue weighted by Crippen LogP contribution is 2.27. The van der Waals surface area contributed by atoms with Crippen LogP contribution in [-0.2, 0) is 33.8 Å². The zero-order chi connectivity index (χ0) is 29.5. The molecule has 3 aromatic carbocycles. The van der Waals surface area contributed by atoms with Crippen LogP contribution in [0.15, 0.2) is 66.7 Å². The number of carboxylic acid groups (broad SMARTS) is 1. The number of halogens is 2. The fourth-order valence-electron chi connectivity index (χ4n) is 4.98. The molecule has 1 aliphatic heterocycles. The topological polar surface area (TPSA) is 122 Å². The number of nitrogens with zero attached hydrogens (tertiary/aromatic N) is 1. The Hall–Kier alpha value is -4.15. The Bertz CT molecular complexity index is 1360. The number of amides is 2. The average Bonchev–Trinajstić information content (AvgIpc) is 3.27. The van der Waals surface area contributed by atoms with Crippen LogP contribution in [0.25, 0.3) is 0 Å². The number of ether oxygens (including phenoxy) is 1. The van der Waals surface area contributed by atoms with Gasteiger partial charge >= 0.3 is 5.97 Å². The van der Waals surface area contributed by atoms with Gasteiger partial charge < -0.3 is 20.9 Å². The predicted molar refractivity (Wildman–Crippen MR) is 149 cm³/mol. The lowest BCUT2D eigenvalue weighted by molar-refractivity contribution is -0.148. The molecule has 1 aliphatic rings. The van der Waals surface area contributed by atoms with Gasteiger partial charge in [-0.1, -0.05) is 31.2 Å². The summed E-state index contributed by atoms with van der Waals surface area (Å²) in [5.41, 5.74) is 9.34. The van der Waals surface area contributed by atoms with Crippen LogP contribution >= 0.6 is 0 Å². The number of hydrogen-bond donors (Lipinski definition) is 3. The van der Waals surface area contributed by atoms with E-state index in [0.29, 0.717) is 17.8 Å². The fraction of sp³-hybridized carbons (Fsp3) is 0.323. The summed E-state index contributed by atoms with van der Waals surface area (Å²) in [7, 11) is 0. The molecule has 4 N–H and O–H groups in total. The van der Waals surface area contributed by atoms with Crippen LogP contribution in [0.1, 0.15) is 36.5 Å². The van der Waals surface area contributed by atoms with Crippen LogP contribution in [-0.4, -0.2) is 41.6 Å². The quantitative estimate of drug-likeness (QED) is 0.268. The maximum Gasteiger partial charge on any atom is 0.345 e. The number of carbonyl (C=O) groups excluding carboxylic acids is 2. The smallest absolute Gasteiger partial charge is 0.345 e. The molecule has 0 aromatic heterocycles. The summed E-state index contributed by atoms with van der Waals surface area (Å²) in [6.45, 7) is 2.64.